The molecule has 2 saturated heterocycles. The fourth-order valence-corrected chi connectivity index (χ4v) is 5.65. The van der Waals surface area contributed by atoms with Crippen molar-refractivity contribution < 1.29 is 28.2 Å². The second kappa shape index (κ2) is 11.3. The van der Waals surface area contributed by atoms with Crippen molar-refractivity contribution in [3.8, 4) is 0 Å². The van der Waals surface area contributed by atoms with Gasteiger partial charge in [0.1, 0.15) is 23.0 Å². The molecule has 2 rings (SSSR count). The van der Waals surface area contributed by atoms with Crippen molar-refractivity contribution in [3.05, 3.63) is 0 Å². The maximum absolute atomic E-state index is 11.9. The van der Waals surface area contributed by atoms with Gasteiger partial charge in [-0.1, -0.05) is 22.4 Å². The van der Waals surface area contributed by atoms with Gasteiger partial charge >= 0.3 is 11.9 Å². The van der Waals surface area contributed by atoms with Crippen LogP contribution < -0.4 is 0 Å². The van der Waals surface area contributed by atoms with E-state index in [0.717, 1.165) is 32.1 Å². The molecule has 2 aliphatic rings. The molecular formula is C17H28O6S2. The van der Waals surface area contributed by atoms with Gasteiger partial charge in [0.2, 0.25) is 0 Å². The highest BCUT2D eigenvalue weighted by atomic mass is 32.2. The Morgan fingerprint density at radius 3 is 1.52 bits per heavy atom. The molecule has 0 amide bonds. The molecule has 6 nitrogen and oxygen atoms in total. The van der Waals surface area contributed by atoms with Crippen LogP contribution in [0.5, 0.6) is 0 Å². The summed E-state index contributed by atoms with van der Waals surface area (Å²) in [4.78, 5) is 22.0. The smallest absolute Gasteiger partial charge is 0.306 e. The van der Waals surface area contributed by atoms with E-state index in [1.165, 1.54) is 0 Å². The van der Waals surface area contributed by atoms with Gasteiger partial charge in [-0.25, -0.2) is 0 Å². The van der Waals surface area contributed by atoms with E-state index in [1.54, 1.807) is 0 Å². The van der Waals surface area contributed by atoms with Gasteiger partial charge in [0.25, 0.3) is 0 Å². The van der Waals surface area contributed by atoms with Crippen LogP contribution >= 0.6 is 0 Å². The lowest BCUT2D eigenvalue weighted by molar-refractivity contribution is -0.138. The van der Waals surface area contributed by atoms with Crippen LogP contribution in [0.3, 0.4) is 0 Å². The first-order valence-electron chi connectivity index (χ1n) is 9.04. The van der Waals surface area contributed by atoms with Gasteiger partial charge in [-0.15, -0.1) is 0 Å². The van der Waals surface area contributed by atoms with Crippen LogP contribution in [-0.2, 0) is 41.4 Å². The third kappa shape index (κ3) is 8.66. The molecule has 4 atom stereocenters. The van der Waals surface area contributed by atoms with E-state index >= 15 is 0 Å². The number of carbonyl (C=O) groups is 2. The zero-order chi connectivity index (χ0) is 18.1. The number of hydrogen-bond acceptors (Lipinski definition) is 6. The van der Waals surface area contributed by atoms with Gasteiger partial charge in [-0.3, -0.25) is 9.59 Å². The topological polar surface area (TPSA) is 98.7 Å². The minimum Gasteiger partial charge on any atom is -0.616 e. The van der Waals surface area contributed by atoms with Crippen LogP contribution in [-0.4, -0.2) is 57.3 Å². The molecule has 0 aromatic heterocycles. The number of esters is 2. The maximum Gasteiger partial charge on any atom is 0.306 e. The van der Waals surface area contributed by atoms with E-state index in [0.29, 0.717) is 49.1 Å². The van der Waals surface area contributed by atoms with Crippen LogP contribution in [0, 0.1) is 11.8 Å². The molecule has 2 heterocycles. The first kappa shape index (κ1) is 20.9. The summed E-state index contributed by atoms with van der Waals surface area (Å²) in [5.41, 5.74) is 0. The Hall–Kier alpha value is -0.440. The molecule has 144 valence electrons. The monoisotopic (exact) mass is 392 g/mol. The largest absolute Gasteiger partial charge is 0.616 e. The van der Waals surface area contributed by atoms with E-state index in [2.05, 4.69) is 0 Å². The summed E-state index contributed by atoms with van der Waals surface area (Å²) in [7, 11) is 0. The van der Waals surface area contributed by atoms with E-state index in [-0.39, 0.29) is 23.8 Å². The van der Waals surface area contributed by atoms with Crippen molar-refractivity contribution >= 4 is 34.3 Å². The van der Waals surface area contributed by atoms with Crippen LogP contribution in [0.2, 0.25) is 0 Å². The van der Waals surface area contributed by atoms with E-state index in [4.69, 9.17) is 9.47 Å². The number of ether oxygens (including phenoxy) is 2. The molecule has 0 bridgehead atoms. The summed E-state index contributed by atoms with van der Waals surface area (Å²) in [5, 5.41) is 0. The summed E-state index contributed by atoms with van der Waals surface area (Å²) in [5.74, 6) is 2.81. The molecule has 2 aliphatic heterocycles. The van der Waals surface area contributed by atoms with E-state index in [9.17, 15) is 18.7 Å². The van der Waals surface area contributed by atoms with Crippen LogP contribution in [0.1, 0.15) is 44.9 Å². The summed E-state index contributed by atoms with van der Waals surface area (Å²) >= 11 is -1.74. The number of rotatable bonds is 12. The Kier molecular flexibility index (Phi) is 9.44. The van der Waals surface area contributed by atoms with Crippen molar-refractivity contribution in [1.82, 2.24) is 0 Å². The van der Waals surface area contributed by atoms with Gasteiger partial charge < -0.3 is 18.6 Å². The van der Waals surface area contributed by atoms with Crippen molar-refractivity contribution in [2.24, 2.45) is 11.8 Å². The lowest BCUT2D eigenvalue weighted by atomic mass is 10.0. The number of carbonyl (C=O) groups excluding carboxylic acids is 2. The normalized spacial score (nSPS) is 25.7. The fraction of sp³-hybridized carbons (Fsp3) is 0.882. The molecule has 4 unspecified atom stereocenters. The second-order valence-corrected chi connectivity index (χ2v) is 10.2. The first-order chi connectivity index (χ1) is 12.0. The summed E-state index contributed by atoms with van der Waals surface area (Å²) in [6, 6.07) is 0. The quantitative estimate of drug-likeness (QED) is 0.369. The average Bonchev–Trinajstić information content (AvgIpc) is 3.16. The van der Waals surface area contributed by atoms with Crippen molar-refractivity contribution in [2.75, 3.05) is 36.2 Å². The van der Waals surface area contributed by atoms with Crippen molar-refractivity contribution in [2.45, 2.75) is 44.9 Å². The lowest BCUT2D eigenvalue weighted by Gasteiger charge is -2.14. The predicted molar refractivity (Wildman–Crippen MR) is 97.0 cm³/mol. The first-order valence-corrected chi connectivity index (χ1v) is 12.0. The third-order valence-electron chi connectivity index (χ3n) is 4.58. The van der Waals surface area contributed by atoms with Crippen LogP contribution in [0.25, 0.3) is 0 Å². The second-order valence-electron chi connectivity index (χ2n) is 6.84. The minimum absolute atomic E-state index is 0.124. The van der Waals surface area contributed by atoms with Crippen LogP contribution in [0.15, 0.2) is 0 Å². The predicted octanol–water partition coefficient (Wildman–Crippen LogP) is 1.56. The summed E-state index contributed by atoms with van der Waals surface area (Å²) in [6.07, 6.45) is 5.17. The Labute approximate surface area is 155 Å². The van der Waals surface area contributed by atoms with Crippen molar-refractivity contribution in [1.29, 1.82) is 0 Å². The van der Waals surface area contributed by atoms with E-state index in [1.807, 2.05) is 0 Å². The minimum atomic E-state index is -0.871. The molecule has 0 radical (unpaired) electrons. The third-order valence-corrected chi connectivity index (χ3v) is 7.56. The van der Waals surface area contributed by atoms with Gasteiger partial charge in [-0.05, 0) is 25.7 Å². The zero-order valence-corrected chi connectivity index (χ0v) is 16.2. The zero-order valence-electron chi connectivity index (χ0n) is 14.6. The molecule has 0 aromatic rings. The highest BCUT2D eigenvalue weighted by molar-refractivity contribution is 7.92. The van der Waals surface area contributed by atoms with Crippen molar-refractivity contribution in [3.63, 3.8) is 0 Å². The Morgan fingerprint density at radius 1 is 0.760 bits per heavy atom. The molecule has 0 N–H and O–H groups in total. The highest BCUT2D eigenvalue weighted by Gasteiger charge is 2.24. The van der Waals surface area contributed by atoms with E-state index < -0.39 is 22.4 Å². The molecule has 0 aromatic carbocycles. The van der Waals surface area contributed by atoms with Gasteiger partial charge in [-0.2, -0.15) is 0 Å². The number of cyclic esters (lactones) is 2. The highest BCUT2D eigenvalue weighted by Crippen LogP contribution is 2.20. The Balaban J connectivity index is 1.41. The molecule has 8 heteroatoms. The molecule has 0 saturated carbocycles. The summed E-state index contributed by atoms with van der Waals surface area (Å²) in [6.45, 7) is 1.01. The summed E-state index contributed by atoms with van der Waals surface area (Å²) < 4.78 is 33.7. The van der Waals surface area contributed by atoms with Gasteiger partial charge in [0.15, 0.2) is 0 Å². The molecule has 0 aliphatic carbocycles. The molecule has 25 heavy (non-hydrogen) atoms. The Bertz CT molecular complexity index is 395. The standard InChI is InChI=1S/C17H28O6S2/c18-16-10-14(12-22-16)4-1-6-24(20)8-3-9-25(21)7-2-5-15-11-17(19)23-13-15/h14-15H,1-13H2. The SMILES string of the molecule is O=C1CC(CCC[S+]([O-])CCC[S+]([O-])CCCC2COC(=O)C2)CO1. The molecule has 0 spiro atoms. The number of hydrogen-bond donors (Lipinski definition) is 0. The van der Waals surface area contributed by atoms with Gasteiger partial charge in [0.05, 0.1) is 26.1 Å². The molecule has 2 fully saturated rings. The lowest BCUT2D eigenvalue weighted by Crippen LogP contribution is -2.18. The van der Waals surface area contributed by atoms with Gasteiger partial charge in [0, 0.05) is 18.3 Å². The fourth-order valence-electron chi connectivity index (χ4n) is 3.15. The van der Waals surface area contributed by atoms with Crippen LogP contribution in [0.4, 0.5) is 0 Å². The maximum atomic E-state index is 11.9. The average molecular weight is 393 g/mol. The Morgan fingerprint density at radius 2 is 1.16 bits per heavy atom. The molecular weight excluding hydrogens is 364 g/mol.